The topological polar surface area (TPSA) is 80.0 Å². The van der Waals surface area contributed by atoms with E-state index >= 15 is 0 Å². The molecule has 0 saturated heterocycles. The molecular weight excluding hydrogens is 274 g/mol. The minimum Gasteiger partial charge on any atom is -0.493 e. The summed E-state index contributed by atoms with van der Waals surface area (Å²) in [6.07, 6.45) is 0. The van der Waals surface area contributed by atoms with E-state index < -0.39 is 5.97 Å². The molecule has 0 amide bonds. The number of hydrogen-bond donors (Lipinski definition) is 1. The van der Waals surface area contributed by atoms with Crippen molar-refractivity contribution in [1.82, 2.24) is 0 Å². The van der Waals surface area contributed by atoms with Crippen LogP contribution in [0.3, 0.4) is 0 Å². The monoisotopic (exact) mass is 291 g/mol. The molecule has 1 aromatic rings. The summed E-state index contributed by atoms with van der Waals surface area (Å²) in [5, 5.41) is 0. The molecule has 1 rings (SSSR count). The summed E-state index contributed by atoms with van der Waals surface area (Å²) in [6, 6.07) is 1.49. The number of methoxy groups -OCH3 is 3. The second-order valence-corrected chi connectivity index (χ2v) is 3.33. The van der Waals surface area contributed by atoms with Gasteiger partial charge in [0.25, 0.3) is 0 Å². The molecule has 108 valence electrons. The molecule has 0 radical (unpaired) electrons. The summed E-state index contributed by atoms with van der Waals surface area (Å²) in [6.45, 7) is 1.96. The second-order valence-electron chi connectivity index (χ2n) is 3.33. The highest BCUT2D eigenvalue weighted by Gasteiger charge is 2.25. The highest BCUT2D eigenvalue weighted by Crippen LogP contribution is 2.43. The molecule has 0 aromatic heterocycles. The fourth-order valence-electron chi connectivity index (χ4n) is 1.59. The zero-order valence-corrected chi connectivity index (χ0v) is 12.1. The molecule has 0 bridgehead atoms. The smallest absolute Gasteiger partial charge is 0.344 e. The van der Waals surface area contributed by atoms with Gasteiger partial charge in [-0.25, -0.2) is 4.79 Å². The third-order valence-electron chi connectivity index (χ3n) is 2.34. The third kappa shape index (κ3) is 3.35. The normalized spacial score (nSPS) is 9.26. The first-order valence-electron chi connectivity index (χ1n) is 5.36. The Morgan fingerprint density at radius 1 is 1.16 bits per heavy atom. The Labute approximate surface area is 118 Å². The van der Waals surface area contributed by atoms with Crippen molar-refractivity contribution in [1.29, 1.82) is 0 Å². The highest BCUT2D eigenvalue weighted by molar-refractivity contribution is 6.00. The van der Waals surface area contributed by atoms with Gasteiger partial charge < -0.3 is 24.7 Å². The number of hydrogen-bond acceptors (Lipinski definition) is 6. The summed E-state index contributed by atoms with van der Waals surface area (Å²) in [5.74, 6) is 0.331. The van der Waals surface area contributed by atoms with Gasteiger partial charge in [0.15, 0.2) is 11.5 Å². The SMILES string of the molecule is CCOC(=O)c1c(N)cc(OC)c(OC)c1OC.Cl. The number of ether oxygens (including phenoxy) is 4. The Bertz CT molecular complexity index is 450. The minimum atomic E-state index is -0.562. The predicted octanol–water partition coefficient (Wildman–Crippen LogP) is 1.89. The van der Waals surface area contributed by atoms with Gasteiger partial charge in [-0.3, -0.25) is 0 Å². The average molecular weight is 292 g/mol. The number of anilines is 1. The maximum absolute atomic E-state index is 11.8. The zero-order valence-electron chi connectivity index (χ0n) is 11.3. The van der Waals surface area contributed by atoms with E-state index in [4.69, 9.17) is 24.7 Å². The van der Waals surface area contributed by atoms with E-state index in [-0.39, 0.29) is 36.0 Å². The van der Waals surface area contributed by atoms with Crippen LogP contribution in [0.1, 0.15) is 17.3 Å². The Hall–Kier alpha value is -1.82. The summed E-state index contributed by atoms with van der Waals surface area (Å²) in [5.41, 5.74) is 6.16. The van der Waals surface area contributed by atoms with Gasteiger partial charge in [-0.2, -0.15) is 0 Å². The summed E-state index contributed by atoms with van der Waals surface area (Å²) in [7, 11) is 4.34. The number of nitrogen functional groups attached to an aromatic ring is 1. The van der Waals surface area contributed by atoms with Gasteiger partial charge in [0.2, 0.25) is 5.75 Å². The molecule has 0 aliphatic rings. The van der Waals surface area contributed by atoms with Crippen molar-refractivity contribution in [3.63, 3.8) is 0 Å². The number of benzene rings is 1. The van der Waals surface area contributed by atoms with Crippen LogP contribution in [-0.2, 0) is 4.74 Å². The largest absolute Gasteiger partial charge is 0.493 e. The lowest BCUT2D eigenvalue weighted by Crippen LogP contribution is -2.11. The Kier molecular flexibility index (Phi) is 6.85. The van der Waals surface area contributed by atoms with Crippen LogP contribution in [0.15, 0.2) is 6.07 Å². The Morgan fingerprint density at radius 2 is 1.74 bits per heavy atom. The fraction of sp³-hybridized carbons (Fsp3) is 0.417. The van der Waals surface area contributed by atoms with Gasteiger partial charge in [0.05, 0.1) is 33.6 Å². The lowest BCUT2D eigenvalue weighted by Gasteiger charge is -2.16. The summed E-state index contributed by atoms with van der Waals surface area (Å²) < 4.78 is 20.4. The average Bonchev–Trinajstić information content (AvgIpc) is 2.37. The van der Waals surface area contributed by atoms with Gasteiger partial charge in [0.1, 0.15) is 5.56 Å². The maximum atomic E-state index is 11.8. The van der Waals surface area contributed by atoms with E-state index in [1.165, 1.54) is 27.4 Å². The fourth-order valence-corrected chi connectivity index (χ4v) is 1.59. The molecule has 0 unspecified atom stereocenters. The first-order chi connectivity index (χ1) is 8.60. The van der Waals surface area contributed by atoms with Crippen molar-refractivity contribution in [3.8, 4) is 17.2 Å². The van der Waals surface area contributed by atoms with E-state index in [9.17, 15) is 4.79 Å². The maximum Gasteiger partial charge on any atom is 0.344 e. The van der Waals surface area contributed by atoms with Gasteiger partial charge in [-0.15, -0.1) is 12.4 Å². The number of halogens is 1. The Balaban J connectivity index is 0.00000324. The summed E-state index contributed by atoms with van der Waals surface area (Å²) in [4.78, 5) is 11.8. The van der Waals surface area contributed by atoms with Gasteiger partial charge in [0, 0.05) is 6.07 Å². The van der Waals surface area contributed by atoms with Crippen LogP contribution in [-0.4, -0.2) is 33.9 Å². The van der Waals surface area contributed by atoms with Crippen LogP contribution in [0.2, 0.25) is 0 Å². The van der Waals surface area contributed by atoms with Crippen LogP contribution in [0.5, 0.6) is 17.2 Å². The van der Waals surface area contributed by atoms with E-state index in [2.05, 4.69) is 0 Å². The zero-order chi connectivity index (χ0) is 13.7. The van der Waals surface area contributed by atoms with Crippen LogP contribution in [0.25, 0.3) is 0 Å². The van der Waals surface area contributed by atoms with Crippen molar-refractivity contribution in [2.24, 2.45) is 0 Å². The number of nitrogens with two attached hydrogens (primary N) is 1. The molecule has 6 nitrogen and oxygen atoms in total. The predicted molar refractivity (Wildman–Crippen MR) is 73.7 cm³/mol. The number of carbonyl (C=O) groups excluding carboxylic acids is 1. The quantitative estimate of drug-likeness (QED) is 0.659. The molecule has 0 atom stereocenters. The first-order valence-corrected chi connectivity index (χ1v) is 5.36. The van der Waals surface area contributed by atoms with Crippen molar-refractivity contribution in [2.45, 2.75) is 6.92 Å². The molecule has 2 N–H and O–H groups in total. The number of carbonyl (C=O) groups is 1. The minimum absolute atomic E-state index is 0. The van der Waals surface area contributed by atoms with E-state index in [1.807, 2.05) is 0 Å². The van der Waals surface area contributed by atoms with Crippen molar-refractivity contribution < 1.29 is 23.7 Å². The highest BCUT2D eigenvalue weighted by atomic mass is 35.5. The van der Waals surface area contributed by atoms with Gasteiger partial charge in [-0.1, -0.05) is 0 Å². The van der Waals surface area contributed by atoms with E-state index in [1.54, 1.807) is 6.92 Å². The van der Waals surface area contributed by atoms with E-state index in [0.29, 0.717) is 11.5 Å². The summed E-state index contributed by atoms with van der Waals surface area (Å²) >= 11 is 0. The standard InChI is InChI=1S/C12H17NO5.ClH/c1-5-18-12(14)9-7(13)6-8(15-2)10(16-3)11(9)17-4;/h6H,5,13H2,1-4H3;1H. The van der Waals surface area contributed by atoms with Gasteiger partial charge >= 0.3 is 5.97 Å². The molecule has 0 heterocycles. The molecule has 0 fully saturated rings. The molecule has 0 aliphatic carbocycles. The first kappa shape index (κ1) is 17.2. The molecule has 1 aromatic carbocycles. The van der Waals surface area contributed by atoms with Crippen molar-refractivity contribution in [3.05, 3.63) is 11.6 Å². The van der Waals surface area contributed by atoms with Gasteiger partial charge in [-0.05, 0) is 6.92 Å². The van der Waals surface area contributed by atoms with Crippen LogP contribution < -0.4 is 19.9 Å². The molecule has 0 saturated carbocycles. The molecule has 0 aliphatic heterocycles. The van der Waals surface area contributed by atoms with E-state index in [0.717, 1.165) is 0 Å². The van der Waals surface area contributed by atoms with Crippen LogP contribution in [0, 0.1) is 0 Å². The van der Waals surface area contributed by atoms with Crippen molar-refractivity contribution >= 4 is 24.1 Å². The van der Waals surface area contributed by atoms with Crippen molar-refractivity contribution in [2.75, 3.05) is 33.7 Å². The lowest BCUT2D eigenvalue weighted by molar-refractivity contribution is 0.0523. The van der Waals surface area contributed by atoms with Crippen LogP contribution in [0.4, 0.5) is 5.69 Å². The molecule has 19 heavy (non-hydrogen) atoms. The lowest BCUT2D eigenvalue weighted by atomic mass is 10.1. The number of rotatable bonds is 5. The Morgan fingerprint density at radius 3 is 2.16 bits per heavy atom. The van der Waals surface area contributed by atoms with Crippen LogP contribution >= 0.6 is 12.4 Å². The second kappa shape index (κ2) is 7.58. The number of esters is 1. The molecular formula is C12H18ClNO5. The molecule has 0 spiro atoms. The third-order valence-corrected chi connectivity index (χ3v) is 2.34. The molecule has 7 heteroatoms.